The van der Waals surface area contributed by atoms with Crippen LogP contribution in [0.3, 0.4) is 0 Å². The minimum atomic E-state index is -0.0843. The fourth-order valence-corrected chi connectivity index (χ4v) is 3.24. The SMILES string of the molecule is CC(C)N1CCc2c(nc(C(=O)NCCc3ccccc3)n2C)C1. The Balaban J connectivity index is 1.63. The van der Waals surface area contributed by atoms with Gasteiger partial charge >= 0.3 is 0 Å². The molecule has 0 atom stereocenters. The number of nitrogens with zero attached hydrogens (tertiary/aromatic N) is 3. The number of hydrogen-bond acceptors (Lipinski definition) is 3. The Morgan fingerprint density at radius 1 is 1.29 bits per heavy atom. The first-order valence-corrected chi connectivity index (χ1v) is 8.67. The van der Waals surface area contributed by atoms with Crippen molar-refractivity contribution in [2.75, 3.05) is 13.1 Å². The van der Waals surface area contributed by atoms with Crippen LogP contribution < -0.4 is 5.32 Å². The van der Waals surface area contributed by atoms with Gasteiger partial charge in [-0.15, -0.1) is 0 Å². The lowest BCUT2D eigenvalue weighted by molar-refractivity contribution is 0.0940. The molecule has 1 amide bonds. The zero-order valence-corrected chi connectivity index (χ0v) is 14.7. The summed E-state index contributed by atoms with van der Waals surface area (Å²) < 4.78 is 1.96. The molecular formula is C19H26N4O. The zero-order valence-electron chi connectivity index (χ0n) is 14.7. The van der Waals surface area contributed by atoms with E-state index in [0.717, 1.165) is 31.6 Å². The van der Waals surface area contributed by atoms with E-state index < -0.39 is 0 Å². The average Bonchev–Trinajstić information content (AvgIpc) is 2.92. The van der Waals surface area contributed by atoms with Gasteiger partial charge in [0.1, 0.15) is 0 Å². The summed E-state index contributed by atoms with van der Waals surface area (Å²) in [4.78, 5) is 19.5. The van der Waals surface area contributed by atoms with Crippen LogP contribution in [0.2, 0.25) is 0 Å². The molecule has 0 saturated heterocycles. The Bertz CT molecular complexity index is 706. The maximum atomic E-state index is 12.5. The first-order valence-electron chi connectivity index (χ1n) is 8.67. The van der Waals surface area contributed by atoms with E-state index in [-0.39, 0.29) is 5.91 Å². The smallest absolute Gasteiger partial charge is 0.287 e. The molecule has 3 rings (SSSR count). The number of fused-ring (bicyclic) bond motifs is 1. The van der Waals surface area contributed by atoms with E-state index in [0.29, 0.717) is 18.4 Å². The second-order valence-electron chi connectivity index (χ2n) is 6.69. The third-order valence-corrected chi connectivity index (χ3v) is 4.76. The third-order valence-electron chi connectivity index (χ3n) is 4.76. The molecule has 0 unspecified atom stereocenters. The van der Waals surface area contributed by atoms with E-state index in [1.165, 1.54) is 11.3 Å². The van der Waals surface area contributed by atoms with Crippen LogP contribution in [-0.2, 0) is 26.4 Å². The number of aromatic nitrogens is 2. The Kier molecular flexibility index (Phi) is 5.00. The largest absolute Gasteiger partial charge is 0.349 e. The molecule has 1 N–H and O–H groups in total. The summed E-state index contributed by atoms with van der Waals surface area (Å²) in [5.41, 5.74) is 3.47. The molecule has 0 bridgehead atoms. The van der Waals surface area contributed by atoms with Gasteiger partial charge in [-0.3, -0.25) is 9.69 Å². The van der Waals surface area contributed by atoms with E-state index >= 15 is 0 Å². The molecule has 0 radical (unpaired) electrons. The van der Waals surface area contributed by atoms with Crippen LogP contribution in [-0.4, -0.2) is 39.5 Å². The molecule has 0 spiro atoms. The van der Waals surface area contributed by atoms with E-state index in [9.17, 15) is 4.79 Å². The van der Waals surface area contributed by atoms with Crippen LogP contribution in [0.1, 0.15) is 41.4 Å². The normalized spacial score (nSPS) is 14.7. The number of carbonyl (C=O) groups is 1. The highest BCUT2D eigenvalue weighted by molar-refractivity contribution is 5.91. The molecule has 0 saturated carbocycles. The predicted octanol–water partition coefficient (Wildman–Crippen LogP) is 2.16. The van der Waals surface area contributed by atoms with Gasteiger partial charge < -0.3 is 9.88 Å². The van der Waals surface area contributed by atoms with Gasteiger partial charge in [-0.05, 0) is 25.8 Å². The van der Waals surface area contributed by atoms with Gasteiger partial charge in [0, 0.05) is 44.8 Å². The van der Waals surface area contributed by atoms with Crippen molar-refractivity contribution in [3.05, 3.63) is 53.1 Å². The van der Waals surface area contributed by atoms with Gasteiger partial charge in [-0.1, -0.05) is 30.3 Å². The highest BCUT2D eigenvalue weighted by Crippen LogP contribution is 2.20. The fourth-order valence-electron chi connectivity index (χ4n) is 3.24. The van der Waals surface area contributed by atoms with Gasteiger partial charge in [0.25, 0.3) is 5.91 Å². The van der Waals surface area contributed by atoms with E-state index in [1.807, 2.05) is 29.8 Å². The molecule has 5 heteroatoms. The monoisotopic (exact) mass is 326 g/mol. The second kappa shape index (κ2) is 7.18. The van der Waals surface area contributed by atoms with Crippen molar-refractivity contribution >= 4 is 5.91 Å². The van der Waals surface area contributed by atoms with E-state index in [2.05, 4.69) is 41.2 Å². The topological polar surface area (TPSA) is 50.2 Å². The lowest BCUT2D eigenvalue weighted by Crippen LogP contribution is -2.36. The number of benzene rings is 1. The summed E-state index contributed by atoms with van der Waals surface area (Å²) in [6.45, 7) is 6.88. The summed E-state index contributed by atoms with van der Waals surface area (Å²) in [7, 11) is 1.95. The van der Waals surface area contributed by atoms with Gasteiger partial charge in [-0.2, -0.15) is 0 Å². The lowest BCUT2D eigenvalue weighted by atomic mass is 10.1. The van der Waals surface area contributed by atoms with Crippen molar-refractivity contribution in [2.45, 2.75) is 39.3 Å². The molecule has 0 aliphatic carbocycles. The molecule has 2 heterocycles. The summed E-state index contributed by atoms with van der Waals surface area (Å²) in [6.07, 6.45) is 1.78. The van der Waals surface area contributed by atoms with Crippen molar-refractivity contribution in [1.29, 1.82) is 0 Å². The Morgan fingerprint density at radius 3 is 2.75 bits per heavy atom. The molecule has 128 valence electrons. The highest BCUT2D eigenvalue weighted by Gasteiger charge is 2.26. The van der Waals surface area contributed by atoms with Crippen LogP contribution in [0.25, 0.3) is 0 Å². The van der Waals surface area contributed by atoms with Crippen molar-refractivity contribution in [1.82, 2.24) is 19.8 Å². The minimum absolute atomic E-state index is 0.0843. The predicted molar refractivity (Wildman–Crippen MR) is 94.9 cm³/mol. The molecular weight excluding hydrogens is 300 g/mol. The summed E-state index contributed by atoms with van der Waals surface area (Å²) in [6, 6.07) is 10.7. The Labute approximate surface area is 143 Å². The molecule has 2 aromatic rings. The maximum absolute atomic E-state index is 12.5. The number of imidazole rings is 1. The van der Waals surface area contributed by atoms with Crippen LogP contribution in [0.5, 0.6) is 0 Å². The molecule has 1 aliphatic rings. The van der Waals surface area contributed by atoms with E-state index in [4.69, 9.17) is 0 Å². The van der Waals surface area contributed by atoms with E-state index in [1.54, 1.807) is 0 Å². The standard InChI is InChI=1S/C19H26N4O/c1-14(2)23-12-10-17-16(13-23)21-18(22(17)3)19(24)20-11-9-15-7-5-4-6-8-15/h4-8,14H,9-13H2,1-3H3,(H,20,24). The molecule has 1 aromatic carbocycles. The van der Waals surface area contributed by atoms with Crippen molar-refractivity contribution in [3.8, 4) is 0 Å². The first-order chi connectivity index (χ1) is 11.6. The maximum Gasteiger partial charge on any atom is 0.287 e. The van der Waals surface area contributed by atoms with Gasteiger partial charge in [0.2, 0.25) is 0 Å². The van der Waals surface area contributed by atoms with Gasteiger partial charge in [0.05, 0.1) is 5.69 Å². The first kappa shape index (κ1) is 16.7. The molecule has 24 heavy (non-hydrogen) atoms. The molecule has 5 nitrogen and oxygen atoms in total. The minimum Gasteiger partial charge on any atom is -0.349 e. The third kappa shape index (κ3) is 3.51. The lowest BCUT2D eigenvalue weighted by Gasteiger charge is -2.29. The van der Waals surface area contributed by atoms with Crippen LogP contribution in [0.4, 0.5) is 0 Å². The Morgan fingerprint density at radius 2 is 2.04 bits per heavy atom. The number of rotatable bonds is 5. The number of amides is 1. The highest BCUT2D eigenvalue weighted by atomic mass is 16.2. The second-order valence-corrected chi connectivity index (χ2v) is 6.69. The number of hydrogen-bond donors (Lipinski definition) is 1. The fraction of sp³-hybridized carbons (Fsp3) is 0.474. The van der Waals surface area contributed by atoms with Crippen molar-refractivity contribution in [3.63, 3.8) is 0 Å². The van der Waals surface area contributed by atoms with Crippen LogP contribution in [0, 0.1) is 0 Å². The zero-order chi connectivity index (χ0) is 17.1. The summed E-state index contributed by atoms with van der Waals surface area (Å²) >= 11 is 0. The van der Waals surface area contributed by atoms with Crippen molar-refractivity contribution < 1.29 is 4.79 Å². The van der Waals surface area contributed by atoms with Crippen LogP contribution in [0.15, 0.2) is 30.3 Å². The van der Waals surface area contributed by atoms with Crippen molar-refractivity contribution in [2.24, 2.45) is 7.05 Å². The molecule has 1 aliphatic heterocycles. The summed E-state index contributed by atoms with van der Waals surface area (Å²) in [5, 5.41) is 3.00. The van der Waals surface area contributed by atoms with Crippen LogP contribution >= 0.6 is 0 Å². The van der Waals surface area contributed by atoms with Gasteiger partial charge in [-0.25, -0.2) is 4.98 Å². The number of carbonyl (C=O) groups excluding carboxylic acids is 1. The average molecular weight is 326 g/mol. The molecule has 1 aromatic heterocycles. The van der Waals surface area contributed by atoms with Gasteiger partial charge in [0.15, 0.2) is 5.82 Å². The molecule has 0 fully saturated rings. The quantitative estimate of drug-likeness (QED) is 0.916. The summed E-state index contributed by atoms with van der Waals surface area (Å²) in [5.74, 6) is 0.442. The number of nitrogens with one attached hydrogen (secondary N) is 1. The Hall–Kier alpha value is -2.14.